The molecular formula is C17H22FN3O4. The standard InChI is InChI=1S/C17H22FN3O4/c1-10(23-5)13(19-16(22)24-17(2,3)4)15-20-14(21-25-15)11-7-6-8-12(18)9-11/h6-10,13H,1-5H3,(H,19,22)/t10-,13-/m1/s1. The van der Waals surface area contributed by atoms with Crippen LogP contribution in [0.25, 0.3) is 11.4 Å². The molecule has 1 N–H and O–H groups in total. The van der Waals surface area contributed by atoms with Crippen molar-refractivity contribution in [1.82, 2.24) is 15.5 Å². The smallest absolute Gasteiger partial charge is 0.408 e. The number of nitrogens with zero attached hydrogens (tertiary/aromatic N) is 2. The van der Waals surface area contributed by atoms with Crippen LogP contribution in [0.5, 0.6) is 0 Å². The van der Waals surface area contributed by atoms with Gasteiger partial charge in [0.15, 0.2) is 0 Å². The van der Waals surface area contributed by atoms with Crippen LogP contribution in [0.1, 0.15) is 39.6 Å². The van der Waals surface area contributed by atoms with E-state index in [-0.39, 0.29) is 11.7 Å². The van der Waals surface area contributed by atoms with Crippen LogP contribution in [0.3, 0.4) is 0 Å². The summed E-state index contributed by atoms with van der Waals surface area (Å²) in [6.07, 6.45) is -1.08. The molecule has 7 nitrogen and oxygen atoms in total. The van der Waals surface area contributed by atoms with Gasteiger partial charge in [0.2, 0.25) is 5.82 Å². The maximum Gasteiger partial charge on any atom is 0.408 e. The van der Waals surface area contributed by atoms with E-state index in [0.29, 0.717) is 5.56 Å². The number of benzene rings is 1. The fourth-order valence-electron chi connectivity index (χ4n) is 2.06. The largest absolute Gasteiger partial charge is 0.444 e. The second-order valence-corrected chi connectivity index (χ2v) is 6.53. The van der Waals surface area contributed by atoms with Crippen LogP contribution >= 0.6 is 0 Å². The van der Waals surface area contributed by atoms with Crippen molar-refractivity contribution >= 4 is 6.09 Å². The first kappa shape index (κ1) is 18.9. The second-order valence-electron chi connectivity index (χ2n) is 6.53. The van der Waals surface area contributed by atoms with E-state index in [1.165, 1.54) is 19.2 Å². The third-order valence-electron chi connectivity index (χ3n) is 3.30. The Hall–Kier alpha value is -2.48. The summed E-state index contributed by atoms with van der Waals surface area (Å²) < 4.78 is 29.1. The predicted octanol–water partition coefficient (Wildman–Crippen LogP) is 3.48. The average molecular weight is 351 g/mol. The van der Waals surface area contributed by atoms with Crippen LogP contribution in [0.4, 0.5) is 9.18 Å². The molecular weight excluding hydrogens is 329 g/mol. The molecule has 0 aliphatic heterocycles. The molecule has 1 aromatic heterocycles. The Morgan fingerprint density at radius 2 is 2.08 bits per heavy atom. The van der Waals surface area contributed by atoms with Gasteiger partial charge in [-0.3, -0.25) is 0 Å². The summed E-state index contributed by atoms with van der Waals surface area (Å²) in [5.74, 6) is -0.0502. The Kier molecular flexibility index (Phi) is 5.73. The molecule has 25 heavy (non-hydrogen) atoms. The van der Waals surface area contributed by atoms with E-state index in [1.54, 1.807) is 39.8 Å². The van der Waals surface area contributed by atoms with Crippen LogP contribution in [0.2, 0.25) is 0 Å². The van der Waals surface area contributed by atoms with E-state index < -0.39 is 29.7 Å². The van der Waals surface area contributed by atoms with Gasteiger partial charge in [0, 0.05) is 12.7 Å². The molecule has 136 valence electrons. The number of halogens is 1. The number of nitrogens with one attached hydrogen (secondary N) is 1. The predicted molar refractivity (Wildman–Crippen MR) is 88.3 cm³/mol. The van der Waals surface area contributed by atoms with E-state index in [2.05, 4.69) is 15.5 Å². The van der Waals surface area contributed by atoms with Gasteiger partial charge in [-0.1, -0.05) is 17.3 Å². The van der Waals surface area contributed by atoms with Gasteiger partial charge in [0.1, 0.15) is 17.5 Å². The molecule has 8 heteroatoms. The Labute approximate surface area is 145 Å². The lowest BCUT2D eigenvalue weighted by Gasteiger charge is -2.24. The molecule has 1 amide bonds. The highest BCUT2D eigenvalue weighted by Gasteiger charge is 2.29. The number of aromatic nitrogens is 2. The van der Waals surface area contributed by atoms with Gasteiger partial charge in [-0.05, 0) is 39.8 Å². The topological polar surface area (TPSA) is 86.5 Å². The van der Waals surface area contributed by atoms with Crippen molar-refractivity contribution < 1.29 is 23.2 Å². The maximum atomic E-state index is 13.4. The molecule has 0 radical (unpaired) electrons. The van der Waals surface area contributed by atoms with Crippen LogP contribution < -0.4 is 5.32 Å². The zero-order valence-electron chi connectivity index (χ0n) is 14.9. The third kappa shape index (κ3) is 5.25. The van der Waals surface area contributed by atoms with Gasteiger partial charge < -0.3 is 19.3 Å². The van der Waals surface area contributed by atoms with Gasteiger partial charge in [-0.15, -0.1) is 0 Å². The van der Waals surface area contributed by atoms with E-state index in [9.17, 15) is 9.18 Å². The number of carbonyl (C=O) groups excluding carboxylic acids is 1. The highest BCUT2D eigenvalue weighted by atomic mass is 19.1. The van der Waals surface area contributed by atoms with Gasteiger partial charge >= 0.3 is 6.09 Å². The number of hydrogen-bond donors (Lipinski definition) is 1. The van der Waals surface area contributed by atoms with Crippen molar-refractivity contribution in [2.45, 2.75) is 45.4 Å². The number of amides is 1. The Morgan fingerprint density at radius 1 is 1.36 bits per heavy atom. The summed E-state index contributed by atoms with van der Waals surface area (Å²) in [7, 11) is 1.50. The quantitative estimate of drug-likeness (QED) is 0.887. The fourth-order valence-corrected chi connectivity index (χ4v) is 2.06. The summed E-state index contributed by atoms with van der Waals surface area (Å²) in [6.45, 7) is 7.02. The minimum Gasteiger partial charge on any atom is -0.444 e. The van der Waals surface area contributed by atoms with Crippen molar-refractivity contribution in [2.75, 3.05) is 7.11 Å². The van der Waals surface area contributed by atoms with Crippen LogP contribution in [-0.2, 0) is 9.47 Å². The van der Waals surface area contributed by atoms with E-state index in [1.807, 2.05) is 0 Å². The highest BCUT2D eigenvalue weighted by Crippen LogP contribution is 2.23. The molecule has 0 saturated carbocycles. The molecule has 0 saturated heterocycles. The lowest BCUT2D eigenvalue weighted by atomic mass is 10.1. The van der Waals surface area contributed by atoms with E-state index >= 15 is 0 Å². The van der Waals surface area contributed by atoms with Gasteiger partial charge in [-0.25, -0.2) is 9.18 Å². The molecule has 0 aliphatic carbocycles. The summed E-state index contributed by atoms with van der Waals surface area (Å²) in [4.78, 5) is 16.3. The minimum absolute atomic E-state index is 0.138. The first-order valence-electron chi connectivity index (χ1n) is 7.81. The lowest BCUT2D eigenvalue weighted by Crippen LogP contribution is -2.39. The number of rotatable bonds is 5. The van der Waals surface area contributed by atoms with Crippen molar-refractivity contribution in [3.05, 3.63) is 36.0 Å². The van der Waals surface area contributed by atoms with Crippen molar-refractivity contribution in [3.63, 3.8) is 0 Å². The molecule has 2 rings (SSSR count). The first-order chi connectivity index (χ1) is 11.7. The van der Waals surface area contributed by atoms with Gasteiger partial charge in [0.05, 0.1) is 6.10 Å². The van der Waals surface area contributed by atoms with Crippen molar-refractivity contribution in [3.8, 4) is 11.4 Å². The number of methoxy groups -OCH3 is 1. The molecule has 2 aromatic rings. The number of alkyl carbamates (subject to hydrolysis) is 1. The second kappa shape index (κ2) is 7.60. The Morgan fingerprint density at radius 3 is 2.68 bits per heavy atom. The summed E-state index contributed by atoms with van der Waals surface area (Å²) in [6, 6.07) is 5.12. The van der Waals surface area contributed by atoms with Crippen LogP contribution in [0.15, 0.2) is 28.8 Å². The average Bonchev–Trinajstić information content (AvgIpc) is 3.00. The fraction of sp³-hybridized carbons (Fsp3) is 0.471. The van der Waals surface area contributed by atoms with Crippen LogP contribution in [-0.4, -0.2) is 35.0 Å². The van der Waals surface area contributed by atoms with Crippen LogP contribution in [0, 0.1) is 5.82 Å². The summed E-state index contributed by atoms with van der Waals surface area (Å²) in [5, 5.41) is 6.51. The normalized spacial score (nSPS) is 14.0. The molecule has 2 atom stereocenters. The van der Waals surface area contributed by atoms with Gasteiger partial charge in [-0.2, -0.15) is 4.98 Å². The molecule has 0 spiro atoms. The maximum absolute atomic E-state index is 13.4. The zero-order valence-corrected chi connectivity index (χ0v) is 14.9. The molecule has 0 unspecified atom stereocenters. The highest BCUT2D eigenvalue weighted by molar-refractivity contribution is 5.68. The first-order valence-corrected chi connectivity index (χ1v) is 7.81. The Balaban J connectivity index is 2.23. The lowest BCUT2D eigenvalue weighted by molar-refractivity contribution is 0.0325. The molecule has 0 fully saturated rings. The third-order valence-corrected chi connectivity index (χ3v) is 3.30. The Bertz CT molecular complexity index is 727. The van der Waals surface area contributed by atoms with E-state index in [0.717, 1.165) is 0 Å². The van der Waals surface area contributed by atoms with E-state index in [4.69, 9.17) is 14.0 Å². The summed E-state index contributed by atoms with van der Waals surface area (Å²) >= 11 is 0. The SMILES string of the molecule is CO[C@H](C)[C@@H](NC(=O)OC(C)(C)C)c1nc(-c2cccc(F)c2)no1. The number of carbonyl (C=O) groups is 1. The van der Waals surface area contributed by atoms with Crippen molar-refractivity contribution in [2.24, 2.45) is 0 Å². The summed E-state index contributed by atoms with van der Waals surface area (Å²) in [5.41, 5.74) is -0.178. The number of hydrogen-bond acceptors (Lipinski definition) is 6. The minimum atomic E-state index is -0.713. The zero-order chi connectivity index (χ0) is 18.6. The van der Waals surface area contributed by atoms with Gasteiger partial charge in [0.25, 0.3) is 5.89 Å². The molecule has 1 heterocycles. The monoisotopic (exact) mass is 351 g/mol. The van der Waals surface area contributed by atoms with Crippen molar-refractivity contribution in [1.29, 1.82) is 0 Å². The molecule has 1 aromatic carbocycles. The number of ether oxygens (including phenoxy) is 2. The molecule has 0 bridgehead atoms. The molecule has 0 aliphatic rings.